The molecule has 0 aromatic heterocycles. The van der Waals surface area contributed by atoms with E-state index < -0.39 is 29.2 Å². The molecule has 0 fully saturated rings. The topological polar surface area (TPSA) is 69.4 Å². The van der Waals surface area contributed by atoms with E-state index in [1.54, 1.807) is 18.2 Å². The lowest BCUT2D eigenvalue weighted by Gasteiger charge is -2.10. The van der Waals surface area contributed by atoms with Crippen molar-refractivity contribution in [1.82, 2.24) is 0 Å². The summed E-state index contributed by atoms with van der Waals surface area (Å²) in [5.41, 5.74) is 2.28. The third-order valence-corrected chi connectivity index (χ3v) is 5.21. The number of benzene rings is 3. The molecular weight excluding hydrogens is 395 g/mol. The van der Waals surface area contributed by atoms with Gasteiger partial charge >= 0.3 is 6.18 Å². The molecule has 30 heavy (non-hydrogen) atoms. The average molecular weight is 411 g/mol. The quantitative estimate of drug-likeness (QED) is 0.489. The Bertz CT molecular complexity index is 1140. The highest BCUT2D eigenvalue weighted by molar-refractivity contribution is 6.30. The predicted molar refractivity (Wildman–Crippen MR) is 104 cm³/mol. The molecule has 0 saturated heterocycles. The van der Waals surface area contributed by atoms with E-state index >= 15 is 0 Å². The summed E-state index contributed by atoms with van der Waals surface area (Å²) in [4.78, 5) is 30.6. The highest BCUT2D eigenvalue weighted by atomic mass is 19.4. The van der Waals surface area contributed by atoms with E-state index in [2.05, 4.69) is 0 Å². The standard InChI is InChI=1S/C23H16F3NO3/c24-23(25,26)16-8-5-13(6-9-16)20-21(28)18-10-7-14(11-19(18)22(20)29)17-4-2-1-3-15(17)12-30-27/h1-11,20H,12,27H2. The summed E-state index contributed by atoms with van der Waals surface area (Å²) in [5.74, 6) is 3.21. The van der Waals surface area contributed by atoms with Crippen LogP contribution in [0.15, 0.2) is 66.7 Å². The maximum atomic E-state index is 13.0. The fourth-order valence-corrected chi connectivity index (χ4v) is 3.75. The van der Waals surface area contributed by atoms with E-state index in [4.69, 9.17) is 10.7 Å². The van der Waals surface area contributed by atoms with Gasteiger partial charge < -0.3 is 0 Å². The molecular formula is C23H16F3NO3. The van der Waals surface area contributed by atoms with Crippen molar-refractivity contribution >= 4 is 11.6 Å². The number of rotatable bonds is 4. The van der Waals surface area contributed by atoms with Gasteiger partial charge in [0, 0.05) is 11.1 Å². The van der Waals surface area contributed by atoms with Crippen LogP contribution in [0.2, 0.25) is 0 Å². The average Bonchev–Trinajstić information content (AvgIpc) is 2.98. The summed E-state index contributed by atoms with van der Waals surface area (Å²) >= 11 is 0. The highest BCUT2D eigenvalue weighted by Gasteiger charge is 2.40. The molecule has 1 atom stereocenters. The second-order valence-electron chi connectivity index (χ2n) is 7.01. The van der Waals surface area contributed by atoms with Gasteiger partial charge in [-0.3, -0.25) is 14.4 Å². The molecule has 3 aromatic rings. The van der Waals surface area contributed by atoms with Gasteiger partial charge in [0.1, 0.15) is 5.92 Å². The van der Waals surface area contributed by atoms with Crippen molar-refractivity contribution in [2.45, 2.75) is 18.7 Å². The van der Waals surface area contributed by atoms with Gasteiger partial charge in [0.05, 0.1) is 12.2 Å². The molecule has 4 nitrogen and oxygen atoms in total. The number of fused-ring (bicyclic) bond motifs is 1. The van der Waals surface area contributed by atoms with Crippen molar-refractivity contribution in [1.29, 1.82) is 0 Å². The number of ketones is 2. The molecule has 3 aromatic carbocycles. The molecule has 0 bridgehead atoms. The van der Waals surface area contributed by atoms with Crippen LogP contribution in [0, 0.1) is 0 Å². The van der Waals surface area contributed by atoms with Crippen LogP contribution < -0.4 is 5.90 Å². The van der Waals surface area contributed by atoms with Gasteiger partial charge in [0.15, 0.2) is 11.6 Å². The first-order valence-electron chi connectivity index (χ1n) is 9.11. The van der Waals surface area contributed by atoms with Crippen LogP contribution in [0.3, 0.4) is 0 Å². The number of carbonyl (C=O) groups excluding carboxylic acids is 2. The largest absolute Gasteiger partial charge is 0.416 e. The number of nitrogens with two attached hydrogens (primary N) is 1. The molecule has 0 radical (unpaired) electrons. The fourth-order valence-electron chi connectivity index (χ4n) is 3.75. The SMILES string of the molecule is NOCc1ccccc1-c1ccc2c(c1)C(=O)C(c1ccc(C(F)(F)F)cc1)C2=O. The lowest BCUT2D eigenvalue weighted by Crippen LogP contribution is -2.13. The molecule has 152 valence electrons. The highest BCUT2D eigenvalue weighted by Crippen LogP contribution is 2.38. The monoisotopic (exact) mass is 411 g/mol. The maximum absolute atomic E-state index is 13.0. The van der Waals surface area contributed by atoms with Crippen molar-refractivity contribution < 1.29 is 27.6 Å². The normalized spacial score (nSPS) is 16.1. The van der Waals surface area contributed by atoms with Crippen molar-refractivity contribution in [2.24, 2.45) is 5.90 Å². The first-order valence-corrected chi connectivity index (χ1v) is 9.11. The Morgan fingerprint density at radius 1 is 0.833 bits per heavy atom. The van der Waals surface area contributed by atoms with Gasteiger partial charge in [-0.1, -0.05) is 48.5 Å². The molecule has 0 aliphatic heterocycles. The van der Waals surface area contributed by atoms with E-state index in [-0.39, 0.29) is 23.3 Å². The van der Waals surface area contributed by atoms with E-state index in [0.29, 0.717) is 0 Å². The third-order valence-electron chi connectivity index (χ3n) is 5.21. The lowest BCUT2D eigenvalue weighted by atomic mass is 9.93. The molecule has 0 heterocycles. The van der Waals surface area contributed by atoms with Gasteiger partial charge in [-0.2, -0.15) is 13.2 Å². The van der Waals surface area contributed by atoms with E-state index in [9.17, 15) is 22.8 Å². The van der Waals surface area contributed by atoms with E-state index in [0.717, 1.165) is 28.8 Å². The summed E-state index contributed by atoms with van der Waals surface area (Å²) in [7, 11) is 0. The minimum Gasteiger partial charge on any atom is -0.300 e. The molecule has 0 amide bonds. The number of hydrogen-bond acceptors (Lipinski definition) is 4. The van der Waals surface area contributed by atoms with Crippen LogP contribution >= 0.6 is 0 Å². The summed E-state index contributed by atoms with van der Waals surface area (Å²) in [6.45, 7) is 0.175. The molecule has 1 aliphatic rings. The Balaban J connectivity index is 1.71. The van der Waals surface area contributed by atoms with Crippen LogP contribution in [0.1, 0.15) is 43.3 Å². The number of hydrogen-bond donors (Lipinski definition) is 1. The summed E-state index contributed by atoms with van der Waals surface area (Å²) in [6, 6.07) is 16.4. The Kier molecular flexibility index (Phi) is 5.01. The molecule has 2 N–H and O–H groups in total. The minimum atomic E-state index is -4.49. The smallest absolute Gasteiger partial charge is 0.300 e. The second kappa shape index (κ2) is 7.51. The van der Waals surface area contributed by atoms with Crippen LogP contribution in [0.4, 0.5) is 13.2 Å². The molecule has 1 aliphatic carbocycles. The second-order valence-corrected chi connectivity index (χ2v) is 7.01. The zero-order valence-electron chi connectivity index (χ0n) is 15.6. The summed E-state index contributed by atoms with van der Waals surface area (Å²) in [6.07, 6.45) is -4.49. The zero-order valence-corrected chi connectivity index (χ0v) is 15.6. The van der Waals surface area contributed by atoms with Gasteiger partial charge in [-0.25, -0.2) is 5.90 Å². The van der Waals surface area contributed by atoms with Crippen LogP contribution in [0.5, 0.6) is 0 Å². The molecule has 1 unspecified atom stereocenters. The minimum absolute atomic E-state index is 0.175. The van der Waals surface area contributed by atoms with Crippen LogP contribution in [-0.4, -0.2) is 11.6 Å². The van der Waals surface area contributed by atoms with Crippen LogP contribution in [-0.2, 0) is 17.6 Å². The Morgan fingerprint density at radius 2 is 1.50 bits per heavy atom. The van der Waals surface area contributed by atoms with E-state index in [1.165, 1.54) is 12.1 Å². The molecule has 0 spiro atoms. The van der Waals surface area contributed by atoms with Gasteiger partial charge in [-0.05, 0) is 40.5 Å². The van der Waals surface area contributed by atoms with Crippen molar-refractivity contribution in [3.05, 3.63) is 94.5 Å². The lowest BCUT2D eigenvalue weighted by molar-refractivity contribution is -0.137. The Hall–Kier alpha value is -3.29. The van der Waals surface area contributed by atoms with Crippen molar-refractivity contribution in [2.75, 3.05) is 0 Å². The molecule has 4 rings (SSSR count). The molecule has 0 saturated carbocycles. The zero-order chi connectivity index (χ0) is 21.5. The summed E-state index contributed by atoms with van der Waals surface area (Å²) in [5, 5.41) is 0. The fraction of sp³-hybridized carbons (Fsp3) is 0.130. The van der Waals surface area contributed by atoms with Crippen LogP contribution in [0.25, 0.3) is 11.1 Å². The van der Waals surface area contributed by atoms with Gasteiger partial charge in [0.25, 0.3) is 0 Å². The van der Waals surface area contributed by atoms with Gasteiger partial charge in [-0.15, -0.1) is 0 Å². The first kappa shape index (κ1) is 20.0. The number of carbonyl (C=O) groups is 2. The first-order chi connectivity index (χ1) is 14.3. The van der Waals surface area contributed by atoms with Gasteiger partial charge in [0.2, 0.25) is 0 Å². The third kappa shape index (κ3) is 3.42. The van der Waals surface area contributed by atoms with Crippen molar-refractivity contribution in [3.8, 4) is 11.1 Å². The van der Waals surface area contributed by atoms with E-state index in [1.807, 2.05) is 24.3 Å². The Morgan fingerprint density at radius 3 is 2.17 bits per heavy atom. The number of alkyl halides is 3. The maximum Gasteiger partial charge on any atom is 0.416 e. The number of halogens is 3. The molecule has 7 heteroatoms. The summed E-state index contributed by atoms with van der Waals surface area (Å²) < 4.78 is 38.4. The predicted octanol–water partition coefficient (Wildman–Crippen LogP) is 4.93. The van der Waals surface area contributed by atoms with Crippen molar-refractivity contribution in [3.63, 3.8) is 0 Å². The Labute approximate surface area is 170 Å². The number of Topliss-reactive ketones (excluding diaryl/α,β-unsaturated/α-hetero) is 2.